The lowest BCUT2D eigenvalue weighted by molar-refractivity contribution is -0.140. The van der Waals surface area contributed by atoms with Crippen molar-refractivity contribution in [2.24, 2.45) is 17.3 Å². The molecule has 120 valence electrons. The number of hydrogen-bond acceptors (Lipinski definition) is 4. The molecule has 1 aliphatic carbocycles. The Kier molecular flexibility index (Phi) is 4.88. The van der Waals surface area contributed by atoms with Crippen molar-refractivity contribution in [2.75, 3.05) is 46.3 Å². The second-order valence-electron chi connectivity index (χ2n) is 6.90. The monoisotopic (exact) mass is 297 g/mol. The van der Waals surface area contributed by atoms with Gasteiger partial charge in [0.05, 0.1) is 11.8 Å². The molecule has 0 aromatic carbocycles. The first-order valence-electron chi connectivity index (χ1n) is 7.75. The van der Waals surface area contributed by atoms with Gasteiger partial charge < -0.3 is 20.2 Å². The van der Waals surface area contributed by atoms with Crippen LogP contribution in [0.5, 0.6) is 0 Å². The molecular weight excluding hydrogens is 270 g/mol. The molecule has 2 aliphatic rings. The number of nitrogens with zero attached hydrogens (tertiary/aromatic N) is 2. The highest BCUT2D eigenvalue weighted by Crippen LogP contribution is 2.58. The summed E-state index contributed by atoms with van der Waals surface area (Å²) < 4.78 is 0. The number of carboxylic acid groups (broad SMARTS) is 1. The number of piperazine rings is 1. The van der Waals surface area contributed by atoms with Gasteiger partial charge in [0.15, 0.2) is 0 Å². The van der Waals surface area contributed by atoms with Crippen LogP contribution in [0.4, 0.5) is 0 Å². The van der Waals surface area contributed by atoms with Crippen molar-refractivity contribution in [1.82, 2.24) is 15.1 Å². The van der Waals surface area contributed by atoms with Gasteiger partial charge in [-0.25, -0.2) is 0 Å². The van der Waals surface area contributed by atoms with Crippen LogP contribution in [0.3, 0.4) is 0 Å². The largest absolute Gasteiger partial charge is 0.481 e. The third-order valence-corrected chi connectivity index (χ3v) is 4.92. The third kappa shape index (κ3) is 3.74. The Hall–Kier alpha value is -1.14. The molecule has 2 rings (SSSR count). The number of aliphatic carboxylic acids is 1. The standard InChI is InChI=1S/C15H27N3O3/c1-15(2)11(12(15)14(20)21)13(19)16-5-4-6-18-9-7-17(3)8-10-18/h11-12H,4-10H2,1-3H3,(H,16,19)(H,20,21). The molecule has 6 nitrogen and oxygen atoms in total. The van der Waals surface area contributed by atoms with Crippen LogP contribution in [0, 0.1) is 17.3 Å². The molecule has 0 bridgehead atoms. The summed E-state index contributed by atoms with van der Waals surface area (Å²) in [5.74, 6) is -1.88. The van der Waals surface area contributed by atoms with Gasteiger partial charge in [0.25, 0.3) is 0 Å². The number of rotatable bonds is 6. The molecule has 1 saturated carbocycles. The predicted molar refractivity (Wildman–Crippen MR) is 80.0 cm³/mol. The highest BCUT2D eigenvalue weighted by molar-refractivity contribution is 5.91. The van der Waals surface area contributed by atoms with E-state index in [0.717, 1.165) is 39.1 Å². The van der Waals surface area contributed by atoms with E-state index in [9.17, 15) is 9.59 Å². The van der Waals surface area contributed by atoms with Crippen molar-refractivity contribution >= 4 is 11.9 Å². The van der Waals surface area contributed by atoms with E-state index < -0.39 is 17.3 Å². The number of carbonyl (C=O) groups excluding carboxylic acids is 1. The number of carbonyl (C=O) groups is 2. The molecule has 1 saturated heterocycles. The van der Waals surface area contributed by atoms with Crippen LogP contribution in [-0.4, -0.2) is 73.1 Å². The van der Waals surface area contributed by atoms with Crippen LogP contribution in [0.25, 0.3) is 0 Å². The number of likely N-dealkylation sites (N-methyl/N-ethyl adjacent to an activating group) is 1. The van der Waals surface area contributed by atoms with E-state index in [1.807, 2.05) is 13.8 Å². The first kappa shape index (κ1) is 16.2. The average Bonchev–Trinajstić information content (AvgIpc) is 3.00. The molecule has 0 aromatic heterocycles. The lowest BCUT2D eigenvalue weighted by Gasteiger charge is -2.32. The second kappa shape index (κ2) is 6.32. The molecule has 2 fully saturated rings. The summed E-state index contributed by atoms with van der Waals surface area (Å²) in [4.78, 5) is 27.8. The highest BCUT2D eigenvalue weighted by atomic mass is 16.4. The van der Waals surface area contributed by atoms with E-state index >= 15 is 0 Å². The summed E-state index contributed by atoms with van der Waals surface area (Å²) in [6.07, 6.45) is 0.917. The number of amides is 1. The van der Waals surface area contributed by atoms with Gasteiger partial charge in [-0.3, -0.25) is 9.59 Å². The summed E-state index contributed by atoms with van der Waals surface area (Å²) in [6.45, 7) is 9.68. The van der Waals surface area contributed by atoms with Crippen LogP contribution in [0.1, 0.15) is 20.3 Å². The maximum absolute atomic E-state index is 12.0. The van der Waals surface area contributed by atoms with Gasteiger partial charge in [-0.15, -0.1) is 0 Å². The molecule has 1 heterocycles. The molecule has 0 radical (unpaired) electrons. The Bertz CT molecular complexity index is 403. The molecule has 6 heteroatoms. The van der Waals surface area contributed by atoms with Crippen molar-refractivity contribution in [3.8, 4) is 0 Å². The fraction of sp³-hybridized carbons (Fsp3) is 0.867. The normalized spacial score (nSPS) is 29.1. The minimum atomic E-state index is -0.863. The van der Waals surface area contributed by atoms with Gasteiger partial charge >= 0.3 is 5.97 Å². The van der Waals surface area contributed by atoms with E-state index in [4.69, 9.17) is 5.11 Å². The molecule has 1 aliphatic heterocycles. The van der Waals surface area contributed by atoms with Crippen LogP contribution < -0.4 is 5.32 Å². The Morgan fingerprint density at radius 1 is 1.19 bits per heavy atom. The molecular formula is C15H27N3O3. The molecule has 0 aromatic rings. The molecule has 2 N–H and O–H groups in total. The van der Waals surface area contributed by atoms with E-state index in [-0.39, 0.29) is 11.8 Å². The fourth-order valence-corrected chi connectivity index (χ4v) is 3.28. The Morgan fingerprint density at radius 2 is 1.81 bits per heavy atom. The first-order valence-corrected chi connectivity index (χ1v) is 7.75. The summed E-state index contributed by atoms with van der Waals surface area (Å²) >= 11 is 0. The smallest absolute Gasteiger partial charge is 0.307 e. The summed E-state index contributed by atoms with van der Waals surface area (Å²) in [5.41, 5.74) is -0.409. The molecule has 0 spiro atoms. The third-order valence-electron chi connectivity index (χ3n) is 4.92. The zero-order valence-electron chi connectivity index (χ0n) is 13.3. The van der Waals surface area contributed by atoms with Crippen LogP contribution >= 0.6 is 0 Å². The van der Waals surface area contributed by atoms with Gasteiger partial charge in [-0.05, 0) is 25.4 Å². The van der Waals surface area contributed by atoms with Gasteiger partial charge in [-0.1, -0.05) is 13.8 Å². The van der Waals surface area contributed by atoms with E-state index in [1.54, 1.807) is 0 Å². The van der Waals surface area contributed by atoms with Gasteiger partial charge in [0.2, 0.25) is 5.91 Å². The summed E-state index contributed by atoms with van der Waals surface area (Å²) in [6, 6.07) is 0. The lowest BCUT2D eigenvalue weighted by atomic mass is 10.1. The van der Waals surface area contributed by atoms with Crippen molar-refractivity contribution in [3.63, 3.8) is 0 Å². The average molecular weight is 297 g/mol. The van der Waals surface area contributed by atoms with E-state index in [0.29, 0.717) is 6.54 Å². The van der Waals surface area contributed by atoms with Crippen LogP contribution in [0.15, 0.2) is 0 Å². The van der Waals surface area contributed by atoms with E-state index in [2.05, 4.69) is 22.2 Å². The lowest BCUT2D eigenvalue weighted by Crippen LogP contribution is -2.45. The van der Waals surface area contributed by atoms with Crippen LogP contribution in [0.2, 0.25) is 0 Å². The van der Waals surface area contributed by atoms with Gasteiger partial charge in [0, 0.05) is 32.7 Å². The van der Waals surface area contributed by atoms with Crippen molar-refractivity contribution in [3.05, 3.63) is 0 Å². The Balaban J connectivity index is 1.63. The van der Waals surface area contributed by atoms with Crippen molar-refractivity contribution in [1.29, 1.82) is 0 Å². The highest BCUT2D eigenvalue weighted by Gasteiger charge is 2.65. The molecule has 21 heavy (non-hydrogen) atoms. The maximum atomic E-state index is 12.0. The molecule has 1 amide bonds. The first-order chi connectivity index (χ1) is 9.84. The van der Waals surface area contributed by atoms with Gasteiger partial charge in [-0.2, -0.15) is 0 Å². The minimum absolute atomic E-state index is 0.106. The molecule has 2 unspecified atom stereocenters. The SMILES string of the molecule is CN1CCN(CCCNC(=O)C2C(C(=O)O)C2(C)C)CC1. The fourth-order valence-electron chi connectivity index (χ4n) is 3.28. The number of nitrogens with one attached hydrogen (secondary N) is 1. The van der Waals surface area contributed by atoms with E-state index in [1.165, 1.54) is 0 Å². The predicted octanol–water partition coefficient (Wildman–Crippen LogP) is 0.0969. The van der Waals surface area contributed by atoms with Crippen molar-refractivity contribution in [2.45, 2.75) is 20.3 Å². The maximum Gasteiger partial charge on any atom is 0.307 e. The van der Waals surface area contributed by atoms with Crippen molar-refractivity contribution < 1.29 is 14.7 Å². The molecule has 2 atom stereocenters. The minimum Gasteiger partial charge on any atom is -0.481 e. The number of hydrogen-bond donors (Lipinski definition) is 2. The number of carboxylic acids is 1. The second-order valence-corrected chi connectivity index (χ2v) is 6.90. The Labute approximate surface area is 126 Å². The quantitative estimate of drug-likeness (QED) is 0.680. The zero-order chi connectivity index (χ0) is 15.6. The summed E-state index contributed by atoms with van der Waals surface area (Å²) in [7, 11) is 2.13. The zero-order valence-corrected chi connectivity index (χ0v) is 13.3. The van der Waals surface area contributed by atoms with Crippen LogP contribution in [-0.2, 0) is 9.59 Å². The van der Waals surface area contributed by atoms with Gasteiger partial charge in [0.1, 0.15) is 0 Å². The topological polar surface area (TPSA) is 72.9 Å². The summed E-state index contributed by atoms with van der Waals surface area (Å²) in [5, 5.41) is 12.0. The Morgan fingerprint density at radius 3 is 2.33 bits per heavy atom.